The Hall–Kier alpha value is -3.32. The Morgan fingerprint density at radius 2 is 1.84 bits per heavy atom. The number of ether oxygens (including phenoxy) is 1. The van der Waals surface area contributed by atoms with Gasteiger partial charge in [0.15, 0.2) is 0 Å². The topological polar surface area (TPSA) is 80.5 Å². The quantitative estimate of drug-likeness (QED) is 0.564. The largest absolute Gasteiger partial charge is 0.494 e. The first-order chi connectivity index (χ1) is 15.0. The molecule has 0 fully saturated rings. The summed E-state index contributed by atoms with van der Waals surface area (Å²) in [4.78, 5) is 18.9. The summed E-state index contributed by atoms with van der Waals surface area (Å²) in [6.07, 6.45) is 0. The maximum atomic E-state index is 12.7. The number of nitrogens with zero attached hydrogens (tertiary/aromatic N) is 3. The smallest absolute Gasteiger partial charge is 0.322 e. The molecule has 1 unspecified atom stereocenters. The van der Waals surface area contributed by atoms with E-state index in [1.807, 2.05) is 57.2 Å². The molecule has 2 amide bonds. The van der Waals surface area contributed by atoms with Crippen molar-refractivity contribution in [3.8, 4) is 17.1 Å². The minimum absolute atomic E-state index is 0.171. The number of aromatic nitrogens is 2. The summed E-state index contributed by atoms with van der Waals surface area (Å²) in [5, 5.41) is 7.84. The normalized spacial score (nSPS) is 16.5. The molecule has 0 bridgehead atoms. The molecule has 1 aliphatic heterocycles. The number of hydrogen-bond donors (Lipinski definition) is 1. The third-order valence-electron chi connectivity index (χ3n) is 5.20. The molecule has 1 N–H and O–H groups in total. The van der Waals surface area contributed by atoms with Crippen molar-refractivity contribution in [2.75, 3.05) is 13.2 Å². The third kappa shape index (κ3) is 4.14. The molecule has 3 aromatic rings. The van der Waals surface area contributed by atoms with Crippen LogP contribution in [0.5, 0.6) is 5.75 Å². The van der Waals surface area contributed by atoms with Gasteiger partial charge in [-0.25, -0.2) is 4.79 Å². The number of amides is 2. The number of allylic oxidation sites excluding steroid dienone is 1. The molecule has 0 aliphatic carbocycles. The van der Waals surface area contributed by atoms with Crippen LogP contribution < -0.4 is 10.1 Å². The Morgan fingerprint density at radius 3 is 2.48 bits per heavy atom. The number of rotatable bonds is 6. The van der Waals surface area contributed by atoms with Crippen molar-refractivity contribution in [3.05, 3.63) is 70.7 Å². The number of halogens is 1. The van der Waals surface area contributed by atoms with E-state index in [-0.39, 0.29) is 6.03 Å². The number of carbonyl (C=O) groups excluding carboxylic acids is 1. The second-order valence-electron chi connectivity index (χ2n) is 7.06. The van der Waals surface area contributed by atoms with Crippen LogP contribution in [0.25, 0.3) is 17.0 Å². The lowest BCUT2D eigenvalue weighted by molar-refractivity contribution is 0.207. The van der Waals surface area contributed by atoms with Gasteiger partial charge in [-0.05, 0) is 62.7 Å². The van der Waals surface area contributed by atoms with E-state index < -0.39 is 6.04 Å². The molecule has 1 aliphatic rings. The van der Waals surface area contributed by atoms with Gasteiger partial charge in [0.1, 0.15) is 5.75 Å². The van der Waals surface area contributed by atoms with Crippen molar-refractivity contribution < 1.29 is 14.1 Å². The zero-order chi connectivity index (χ0) is 22.0. The monoisotopic (exact) mass is 438 g/mol. The van der Waals surface area contributed by atoms with Crippen molar-refractivity contribution in [3.63, 3.8) is 0 Å². The number of hydrogen-bond acceptors (Lipinski definition) is 5. The van der Waals surface area contributed by atoms with E-state index in [0.717, 1.165) is 28.1 Å². The zero-order valence-electron chi connectivity index (χ0n) is 17.6. The summed E-state index contributed by atoms with van der Waals surface area (Å²) >= 11 is 6.05. The maximum Gasteiger partial charge on any atom is 0.322 e. The van der Waals surface area contributed by atoms with Crippen LogP contribution in [-0.2, 0) is 0 Å². The van der Waals surface area contributed by atoms with Crippen LogP contribution in [0.2, 0.25) is 5.02 Å². The second-order valence-corrected chi connectivity index (χ2v) is 7.49. The predicted octanol–water partition coefficient (Wildman–Crippen LogP) is 5.31. The average Bonchev–Trinajstić information content (AvgIpc) is 3.24. The molecule has 4 rings (SSSR count). The molecular weight excluding hydrogens is 416 g/mol. The van der Waals surface area contributed by atoms with Gasteiger partial charge >= 0.3 is 6.03 Å². The van der Waals surface area contributed by atoms with E-state index >= 15 is 0 Å². The van der Waals surface area contributed by atoms with Crippen LogP contribution in [0.4, 0.5) is 4.79 Å². The molecule has 160 valence electrons. The van der Waals surface area contributed by atoms with Crippen LogP contribution in [0.15, 0.2) is 58.8 Å². The SMILES string of the molecule is CCOc1ccc(-c2noc(C3=C(C)N(CC)C(=O)NC3c3ccc(Cl)cc3)n2)cc1. The fourth-order valence-corrected chi connectivity index (χ4v) is 3.79. The van der Waals surface area contributed by atoms with Crippen LogP contribution in [0.3, 0.4) is 0 Å². The van der Waals surface area contributed by atoms with Gasteiger partial charge in [0.05, 0.1) is 18.2 Å². The maximum absolute atomic E-state index is 12.7. The summed E-state index contributed by atoms with van der Waals surface area (Å²) in [6.45, 7) is 6.87. The van der Waals surface area contributed by atoms with E-state index in [9.17, 15) is 4.79 Å². The third-order valence-corrected chi connectivity index (χ3v) is 5.45. The molecule has 1 aromatic heterocycles. The van der Waals surface area contributed by atoms with Crippen molar-refractivity contribution >= 4 is 23.2 Å². The predicted molar refractivity (Wildman–Crippen MR) is 119 cm³/mol. The van der Waals surface area contributed by atoms with Gasteiger partial charge in [0.25, 0.3) is 5.89 Å². The summed E-state index contributed by atoms with van der Waals surface area (Å²) in [5.41, 5.74) is 3.22. The van der Waals surface area contributed by atoms with E-state index in [1.165, 1.54) is 0 Å². The van der Waals surface area contributed by atoms with Crippen molar-refractivity contribution in [1.82, 2.24) is 20.4 Å². The standard InChI is InChI=1S/C23H23ClN4O3/c1-4-28-14(3)19(20(25-23(28)29)15-6-10-17(24)11-7-15)22-26-21(27-31-22)16-8-12-18(13-9-16)30-5-2/h6-13,20H,4-5H2,1-3H3,(H,25,29). The first-order valence-corrected chi connectivity index (χ1v) is 10.5. The van der Waals surface area contributed by atoms with Gasteiger partial charge in [-0.3, -0.25) is 4.90 Å². The van der Waals surface area contributed by atoms with E-state index in [2.05, 4.69) is 15.5 Å². The Kier molecular flexibility index (Phi) is 5.95. The molecule has 0 spiro atoms. The van der Waals surface area contributed by atoms with Gasteiger partial charge in [-0.15, -0.1) is 0 Å². The van der Waals surface area contributed by atoms with Crippen molar-refractivity contribution in [2.24, 2.45) is 0 Å². The highest BCUT2D eigenvalue weighted by molar-refractivity contribution is 6.30. The van der Waals surface area contributed by atoms with Crippen LogP contribution in [0, 0.1) is 0 Å². The Bertz CT molecular complexity index is 1110. The number of carbonyl (C=O) groups is 1. The van der Waals surface area contributed by atoms with Crippen LogP contribution in [0.1, 0.15) is 38.3 Å². The van der Waals surface area contributed by atoms with E-state index in [4.69, 9.17) is 20.9 Å². The number of benzene rings is 2. The fourth-order valence-electron chi connectivity index (χ4n) is 3.66. The molecule has 8 heteroatoms. The molecule has 31 heavy (non-hydrogen) atoms. The van der Waals surface area contributed by atoms with Crippen molar-refractivity contribution in [2.45, 2.75) is 26.8 Å². The molecular formula is C23H23ClN4O3. The minimum atomic E-state index is -0.429. The fraction of sp³-hybridized carbons (Fsp3) is 0.261. The lowest BCUT2D eigenvalue weighted by Gasteiger charge is -2.34. The highest BCUT2D eigenvalue weighted by Gasteiger charge is 2.35. The van der Waals surface area contributed by atoms with Gasteiger partial charge in [-0.1, -0.05) is 28.9 Å². The molecule has 0 saturated carbocycles. The van der Waals surface area contributed by atoms with E-state index in [0.29, 0.717) is 29.9 Å². The van der Waals surface area contributed by atoms with Gasteiger partial charge in [0.2, 0.25) is 5.82 Å². The number of nitrogens with one attached hydrogen (secondary N) is 1. The Balaban J connectivity index is 1.74. The molecule has 0 radical (unpaired) electrons. The summed E-state index contributed by atoms with van der Waals surface area (Å²) < 4.78 is 11.1. The van der Waals surface area contributed by atoms with Gasteiger partial charge in [-0.2, -0.15) is 4.98 Å². The Labute approximate surface area is 185 Å². The lowest BCUT2D eigenvalue weighted by Crippen LogP contribution is -2.45. The highest BCUT2D eigenvalue weighted by Crippen LogP contribution is 2.37. The molecule has 2 heterocycles. The highest BCUT2D eigenvalue weighted by atomic mass is 35.5. The van der Waals surface area contributed by atoms with Gasteiger partial charge in [0, 0.05) is 22.8 Å². The number of urea groups is 1. The van der Waals surface area contributed by atoms with Crippen LogP contribution in [-0.4, -0.2) is 34.2 Å². The second kappa shape index (κ2) is 8.81. The molecule has 0 saturated heterocycles. The first kappa shape index (κ1) is 20.9. The molecule has 1 atom stereocenters. The van der Waals surface area contributed by atoms with Crippen LogP contribution >= 0.6 is 11.6 Å². The molecule has 7 nitrogen and oxygen atoms in total. The summed E-state index contributed by atoms with van der Waals surface area (Å²) in [6, 6.07) is 14.3. The Morgan fingerprint density at radius 1 is 1.13 bits per heavy atom. The van der Waals surface area contributed by atoms with E-state index in [1.54, 1.807) is 17.0 Å². The average molecular weight is 439 g/mol. The zero-order valence-corrected chi connectivity index (χ0v) is 18.3. The summed E-state index contributed by atoms with van der Waals surface area (Å²) in [7, 11) is 0. The minimum Gasteiger partial charge on any atom is -0.494 e. The van der Waals surface area contributed by atoms with Crippen molar-refractivity contribution in [1.29, 1.82) is 0 Å². The summed E-state index contributed by atoms with van der Waals surface area (Å²) in [5.74, 6) is 1.61. The lowest BCUT2D eigenvalue weighted by atomic mass is 9.95. The molecule has 2 aromatic carbocycles. The van der Waals surface area contributed by atoms with Gasteiger partial charge < -0.3 is 14.6 Å². The first-order valence-electron chi connectivity index (χ1n) is 10.1.